The lowest BCUT2D eigenvalue weighted by molar-refractivity contribution is 0.566. The van der Waals surface area contributed by atoms with E-state index < -0.39 is 25.9 Å². The van der Waals surface area contributed by atoms with Gasteiger partial charge in [-0.2, -0.15) is 0 Å². The summed E-state index contributed by atoms with van der Waals surface area (Å²) < 4.78 is 53.6. The van der Waals surface area contributed by atoms with Crippen LogP contribution in [0.4, 0.5) is 0 Å². The molecule has 0 amide bonds. The van der Waals surface area contributed by atoms with Crippen LogP contribution < -0.4 is 9.60 Å². The molecule has 0 saturated heterocycles. The summed E-state index contributed by atoms with van der Waals surface area (Å²) in [6.07, 6.45) is 1.12. The first-order valence-corrected chi connectivity index (χ1v) is 13.1. The third-order valence-corrected chi connectivity index (χ3v) is 8.14. The predicted molar refractivity (Wildman–Crippen MR) is 115 cm³/mol. The second-order valence-corrected chi connectivity index (χ2v) is 11.9. The third kappa shape index (κ3) is 4.45. The van der Waals surface area contributed by atoms with Crippen molar-refractivity contribution < 1.29 is 16.8 Å². The van der Waals surface area contributed by atoms with E-state index in [1.54, 1.807) is 29.7 Å². The minimum absolute atomic E-state index is 0.0215. The summed E-state index contributed by atoms with van der Waals surface area (Å²) in [4.78, 5) is 12.3. The lowest BCUT2D eigenvalue weighted by Crippen LogP contribution is -2.26. The molecule has 1 atom stereocenters. The van der Waals surface area contributed by atoms with Gasteiger partial charge in [0, 0.05) is 18.3 Å². The standard InChI is InChI=1S/C19H22N2O5S3/c1-12(2)21-17-10-9-16(11-18(17)27-19(21)22)29(25,26)20-13(3)14-5-7-15(8-6-14)28(4,23)24/h5-13,20H,1-4H3. The van der Waals surface area contributed by atoms with Crippen LogP contribution in [0.3, 0.4) is 0 Å². The molecule has 0 radical (unpaired) electrons. The fourth-order valence-electron chi connectivity index (χ4n) is 3.05. The van der Waals surface area contributed by atoms with E-state index >= 15 is 0 Å². The van der Waals surface area contributed by atoms with Gasteiger partial charge in [0.05, 0.1) is 20.0 Å². The number of hydrogen-bond acceptors (Lipinski definition) is 6. The van der Waals surface area contributed by atoms with Gasteiger partial charge >= 0.3 is 4.87 Å². The van der Waals surface area contributed by atoms with Gasteiger partial charge < -0.3 is 0 Å². The molecular weight excluding hydrogens is 432 g/mol. The lowest BCUT2D eigenvalue weighted by Gasteiger charge is -2.15. The summed E-state index contributed by atoms with van der Waals surface area (Å²) in [5, 5.41) is 0. The number of sulfonamides is 1. The van der Waals surface area contributed by atoms with E-state index in [1.165, 1.54) is 24.3 Å². The lowest BCUT2D eigenvalue weighted by atomic mass is 10.1. The van der Waals surface area contributed by atoms with E-state index in [9.17, 15) is 21.6 Å². The molecule has 0 saturated carbocycles. The fourth-order valence-corrected chi connectivity index (χ4v) is 6.06. The highest BCUT2D eigenvalue weighted by molar-refractivity contribution is 7.90. The maximum atomic E-state index is 12.8. The van der Waals surface area contributed by atoms with E-state index in [0.29, 0.717) is 15.8 Å². The molecule has 1 aromatic heterocycles. The number of nitrogens with one attached hydrogen (secondary N) is 1. The predicted octanol–water partition coefficient (Wildman–Crippen LogP) is 3.09. The molecule has 0 fully saturated rings. The number of nitrogens with zero attached hydrogens (tertiary/aromatic N) is 1. The van der Waals surface area contributed by atoms with Crippen molar-refractivity contribution >= 4 is 41.4 Å². The van der Waals surface area contributed by atoms with E-state index in [0.717, 1.165) is 17.6 Å². The minimum Gasteiger partial charge on any atom is -0.296 e. The maximum absolute atomic E-state index is 12.8. The molecule has 0 aliphatic carbocycles. The van der Waals surface area contributed by atoms with Gasteiger partial charge in [-0.3, -0.25) is 9.36 Å². The van der Waals surface area contributed by atoms with Crippen molar-refractivity contribution in [3.8, 4) is 0 Å². The van der Waals surface area contributed by atoms with Crippen molar-refractivity contribution in [1.82, 2.24) is 9.29 Å². The van der Waals surface area contributed by atoms with Gasteiger partial charge in [0.1, 0.15) is 0 Å². The van der Waals surface area contributed by atoms with Crippen LogP contribution in [-0.2, 0) is 19.9 Å². The first-order valence-electron chi connectivity index (χ1n) is 8.87. The minimum atomic E-state index is -3.83. The summed E-state index contributed by atoms with van der Waals surface area (Å²) in [7, 11) is -7.15. The van der Waals surface area contributed by atoms with Crippen molar-refractivity contribution in [2.45, 2.75) is 42.6 Å². The number of rotatable bonds is 6. The monoisotopic (exact) mass is 454 g/mol. The Morgan fingerprint density at radius 1 is 0.931 bits per heavy atom. The Kier molecular flexibility index (Phi) is 5.74. The molecule has 29 heavy (non-hydrogen) atoms. The molecule has 0 spiro atoms. The van der Waals surface area contributed by atoms with Crippen LogP contribution >= 0.6 is 11.3 Å². The zero-order valence-corrected chi connectivity index (χ0v) is 18.9. The normalized spacial score (nSPS) is 13.8. The molecule has 1 unspecified atom stereocenters. The second kappa shape index (κ2) is 7.67. The Morgan fingerprint density at radius 3 is 2.07 bits per heavy atom. The molecule has 156 valence electrons. The number of hydrogen-bond donors (Lipinski definition) is 1. The van der Waals surface area contributed by atoms with Gasteiger partial charge in [-0.05, 0) is 56.7 Å². The molecule has 1 N–H and O–H groups in total. The van der Waals surface area contributed by atoms with Gasteiger partial charge in [0.15, 0.2) is 9.84 Å². The molecule has 0 bridgehead atoms. The maximum Gasteiger partial charge on any atom is 0.308 e. The SMILES string of the molecule is CC(NS(=O)(=O)c1ccc2c(c1)sc(=O)n2C(C)C)c1ccc(S(C)(=O)=O)cc1. The quantitative estimate of drug-likeness (QED) is 0.617. The third-order valence-electron chi connectivity index (χ3n) is 4.55. The van der Waals surface area contributed by atoms with Crippen LogP contribution in [0.15, 0.2) is 57.1 Å². The van der Waals surface area contributed by atoms with Gasteiger partial charge in [-0.25, -0.2) is 21.6 Å². The molecule has 1 heterocycles. The Bertz CT molecular complexity index is 1320. The molecule has 2 aromatic carbocycles. The van der Waals surface area contributed by atoms with Gasteiger partial charge in [-0.1, -0.05) is 23.5 Å². The Labute approximate surface area is 174 Å². The largest absolute Gasteiger partial charge is 0.308 e. The highest BCUT2D eigenvalue weighted by Crippen LogP contribution is 2.25. The van der Waals surface area contributed by atoms with E-state index in [-0.39, 0.29) is 20.7 Å². The van der Waals surface area contributed by atoms with E-state index in [2.05, 4.69) is 4.72 Å². The topological polar surface area (TPSA) is 102 Å². The number of aromatic nitrogens is 1. The highest BCUT2D eigenvalue weighted by Gasteiger charge is 2.21. The molecule has 0 aliphatic heterocycles. The average molecular weight is 455 g/mol. The van der Waals surface area contributed by atoms with Crippen molar-refractivity contribution in [2.24, 2.45) is 0 Å². The zero-order valence-electron chi connectivity index (χ0n) is 16.4. The summed E-state index contributed by atoms with van der Waals surface area (Å²) in [6, 6.07) is 10.1. The van der Waals surface area contributed by atoms with Crippen LogP contribution in [0.5, 0.6) is 0 Å². The van der Waals surface area contributed by atoms with Crippen molar-refractivity contribution in [3.05, 3.63) is 57.7 Å². The van der Waals surface area contributed by atoms with Crippen LogP contribution in [0.25, 0.3) is 10.2 Å². The summed E-state index contributed by atoms with van der Waals surface area (Å²) in [5.41, 5.74) is 1.34. The van der Waals surface area contributed by atoms with Gasteiger partial charge in [-0.15, -0.1) is 0 Å². The second-order valence-electron chi connectivity index (χ2n) is 7.15. The van der Waals surface area contributed by atoms with E-state index in [4.69, 9.17) is 0 Å². The fraction of sp³-hybridized carbons (Fsp3) is 0.316. The first-order chi connectivity index (χ1) is 13.4. The Morgan fingerprint density at radius 2 is 1.52 bits per heavy atom. The summed E-state index contributed by atoms with van der Waals surface area (Å²) in [5.74, 6) is 0. The van der Waals surface area contributed by atoms with Gasteiger partial charge in [0.2, 0.25) is 10.0 Å². The smallest absolute Gasteiger partial charge is 0.296 e. The highest BCUT2D eigenvalue weighted by atomic mass is 32.2. The molecule has 7 nitrogen and oxygen atoms in total. The number of benzene rings is 2. The number of sulfone groups is 1. The van der Waals surface area contributed by atoms with Crippen LogP contribution in [0, 0.1) is 0 Å². The molecular formula is C19H22N2O5S3. The van der Waals surface area contributed by atoms with E-state index in [1.807, 2.05) is 13.8 Å². The molecule has 10 heteroatoms. The summed E-state index contributed by atoms with van der Waals surface area (Å²) >= 11 is 1.01. The molecule has 0 aliphatic rings. The van der Waals surface area contributed by atoms with Crippen LogP contribution in [0.2, 0.25) is 0 Å². The van der Waals surface area contributed by atoms with Crippen molar-refractivity contribution in [1.29, 1.82) is 0 Å². The Balaban J connectivity index is 1.90. The zero-order chi connectivity index (χ0) is 21.6. The summed E-state index contributed by atoms with van der Waals surface area (Å²) in [6.45, 7) is 5.48. The average Bonchev–Trinajstić information content (AvgIpc) is 2.95. The van der Waals surface area contributed by atoms with Crippen LogP contribution in [0.1, 0.15) is 38.4 Å². The molecule has 3 aromatic rings. The van der Waals surface area contributed by atoms with Crippen molar-refractivity contribution in [3.63, 3.8) is 0 Å². The van der Waals surface area contributed by atoms with Crippen molar-refractivity contribution in [2.75, 3.05) is 6.26 Å². The first kappa shape index (κ1) is 21.7. The number of fused-ring (bicyclic) bond motifs is 1. The number of thiazole rings is 1. The van der Waals surface area contributed by atoms with Gasteiger partial charge in [0.25, 0.3) is 0 Å². The van der Waals surface area contributed by atoms with Crippen LogP contribution in [-0.4, -0.2) is 27.7 Å². The molecule has 3 rings (SSSR count). The Hall–Kier alpha value is -2.01.